The van der Waals surface area contributed by atoms with Crippen molar-refractivity contribution in [3.8, 4) is 0 Å². The Kier molecular flexibility index (Phi) is 4.51. The molecule has 0 aliphatic carbocycles. The molecule has 20 heavy (non-hydrogen) atoms. The minimum Gasteiger partial charge on any atom is -0.426 e. The van der Waals surface area contributed by atoms with Crippen molar-refractivity contribution >= 4 is 10.0 Å². The number of rotatable bonds is 6. The molecule has 2 aromatic rings. The van der Waals surface area contributed by atoms with Gasteiger partial charge >= 0.3 is 0 Å². The molecule has 0 aliphatic rings. The van der Waals surface area contributed by atoms with Crippen molar-refractivity contribution in [2.75, 3.05) is 6.54 Å². The number of hydrogen-bond donors (Lipinski definition) is 1. The number of aryl methyl sites for hydroxylation is 2. The smallest absolute Gasteiger partial charge is 0.217 e. The Morgan fingerprint density at radius 1 is 1.15 bits per heavy atom. The highest BCUT2D eigenvalue weighted by Gasteiger charge is 2.12. The van der Waals surface area contributed by atoms with Gasteiger partial charge in [-0.1, -0.05) is 29.8 Å². The van der Waals surface area contributed by atoms with Gasteiger partial charge in [0, 0.05) is 19.9 Å². The fourth-order valence-corrected chi connectivity index (χ4v) is 2.85. The maximum atomic E-state index is 11.9. The second kappa shape index (κ2) is 6.15. The summed E-state index contributed by atoms with van der Waals surface area (Å²) in [5.41, 5.74) is 1.86. The van der Waals surface area contributed by atoms with E-state index in [0.717, 1.165) is 11.1 Å². The zero-order chi connectivity index (χ0) is 14.6. The molecule has 108 valence electrons. The van der Waals surface area contributed by atoms with Gasteiger partial charge in [-0.3, -0.25) is 0 Å². The van der Waals surface area contributed by atoms with E-state index in [-0.39, 0.29) is 12.3 Å². The highest BCUT2D eigenvalue weighted by molar-refractivity contribution is 7.88. The maximum Gasteiger partial charge on any atom is 0.217 e. The predicted octanol–water partition coefficient (Wildman–Crippen LogP) is 1.35. The first kappa shape index (κ1) is 14.7. The van der Waals surface area contributed by atoms with Crippen LogP contribution in [0.3, 0.4) is 0 Å². The fourth-order valence-electron chi connectivity index (χ4n) is 1.71. The third-order valence-corrected chi connectivity index (χ3v) is 4.06. The summed E-state index contributed by atoms with van der Waals surface area (Å²) in [6, 6.07) is 7.42. The van der Waals surface area contributed by atoms with Crippen molar-refractivity contribution in [2.45, 2.75) is 26.0 Å². The Balaban J connectivity index is 1.86. The molecule has 6 nitrogen and oxygen atoms in total. The lowest BCUT2D eigenvalue weighted by Crippen LogP contribution is -2.27. The van der Waals surface area contributed by atoms with E-state index in [9.17, 15) is 8.42 Å². The van der Waals surface area contributed by atoms with Crippen LogP contribution in [0.15, 0.2) is 28.7 Å². The number of nitrogens with zero attached hydrogens (tertiary/aromatic N) is 2. The number of hydrogen-bond acceptors (Lipinski definition) is 5. The van der Waals surface area contributed by atoms with Crippen molar-refractivity contribution in [1.82, 2.24) is 14.9 Å². The molecule has 0 saturated heterocycles. The zero-order valence-electron chi connectivity index (χ0n) is 11.5. The van der Waals surface area contributed by atoms with Crippen LogP contribution in [0, 0.1) is 13.8 Å². The van der Waals surface area contributed by atoms with Gasteiger partial charge in [0.1, 0.15) is 0 Å². The standard InChI is InChI=1S/C13H17N3O3S/c1-10-3-5-12(6-4-10)9-20(17,18)14-8-7-13-16-15-11(2)19-13/h3-6,14H,7-9H2,1-2H3. The second-order valence-electron chi connectivity index (χ2n) is 4.60. The molecule has 1 aromatic heterocycles. The molecular weight excluding hydrogens is 278 g/mol. The van der Waals surface area contributed by atoms with E-state index in [4.69, 9.17) is 4.42 Å². The van der Waals surface area contributed by atoms with Crippen LogP contribution in [0.4, 0.5) is 0 Å². The molecule has 2 rings (SSSR count). The van der Waals surface area contributed by atoms with Crippen molar-refractivity contribution in [2.24, 2.45) is 0 Å². The highest BCUT2D eigenvalue weighted by atomic mass is 32.2. The van der Waals surface area contributed by atoms with E-state index < -0.39 is 10.0 Å². The number of nitrogens with one attached hydrogen (secondary N) is 1. The minimum absolute atomic E-state index is 0.0316. The van der Waals surface area contributed by atoms with Crippen LogP contribution >= 0.6 is 0 Å². The van der Waals surface area contributed by atoms with Gasteiger partial charge in [-0.2, -0.15) is 0 Å². The van der Waals surface area contributed by atoms with E-state index in [1.54, 1.807) is 6.92 Å². The maximum absolute atomic E-state index is 11.9. The monoisotopic (exact) mass is 295 g/mol. The number of aromatic nitrogens is 2. The van der Waals surface area contributed by atoms with Crippen LogP contribution in [-0.4, -0.2) is 25.2 Å². The molecule has 7 heteroatoms. The van der Waals surface area contributed by atoms with Crippen LogP contribution in [0.5, 0.6) is 0 Å². The van der Waals surface area contributed by atoms with Crippen molar-refractivity contribution in [1.29, 1.82) is 0 Å². The molecular formula is C13H17N3O3S. The lowest BCUT2D eigenvalue weighted by Gasteiger charge is -2.06. The summed E-state index contributed by atoms with van der Waals surface area (Å²) in [6.07, 6.45) is 0.383. The van der Waals surface area contributed by atoms with Gasteiger partial charge < -0.3 is 4.42 Å². The fraction of sp³-hybridized carbons (Fsp3) is 0.385. The van der Waals surface area contributed by atoms with E-state index in [1.165, 1.54) is 0 Å². The van der Waals surface area contributed by atoms with E-state index in [1.807, 2.05) is 31.2 Å². The number of benzene rings is 1. The Bertz CT molecular complexity index is 662. The number of sulfonamides is 1. The second-order valence-corrected chi connectivity index (χ2v) is 6.41. The van der Waals surface area contributed by atoms with E-state index in [0.29, 0.717) is 18.2 Å². The SMILES string of the molecule is Cc1ccc(CS(=O)(=O)NCCc2nnc(C)o2)cc1. The third-order valence-electron chi connectivity index (χ3n) is 2.71. The van der Waals surface area contributed by atoms with Crippen molar-refractivity contribution in [3.05, 3.63) is 47.2 Å². The zero-order valence-corrected chi connectivity index (χ0v) is 12.3. The van der Waals surface area contributed by atoms with Gasteiger partial charge in [0.2, 0.25) is 21.8 Å². The van der Waals surface area contributed by atoms with E-state index in [2.05, 4.69) is 14.9 Å². The Hall–Kier alpha value is -1.73. The molecule has 1 aromatic carbocycles. The Morgan fingerprint density at radius 3 is 2.45 bits per heavy atom. The van der Waals surface area contributed by atoms with E-state index >= 15 is 0 Å². The molecule has 0 amide bonds. The summed E-state index contributed by atoms with van der Waals surface area (Å²) >= 11 is 0. The first-order valence-corrected chi connectivity index (χ1v) is 7.92. The first-order valence-electron chi connectivity index (χ1n) is 6.26. The van der Waals surface area contributed by atoms with Crippen molar-refractivity contribution in [3.63, 3.8) is 0 Å². The summed E-state index contributed by atoms with van der Waals surface area (Å²) in [4.78, 5) is 0. The molecule has 0 spiro atoms. The average molecular weight is 295 g/mol. The van der Waals surface area contributed by atoms with Gasteiger partial charge in [-0.15, -0.1) is 10.2 Å². The summed E-state index contributed by atoms with van der Waals surface area (Å²) in [5, 5.41) is 7.49. The molecule has 0 fully saturated rings. The summed E-state index contributed by atoms with van der Waals surface area (Å²) in [7, 11) is -3.35. The van der Waals surface area contributed by atoms with Gasteiger partial charge in [0.25, 0.3) is 0 Å². The van der Waals surface area contributed by atoms with Crippen molar-refractivity contribution < 1.29 is 12.8 Å². The quantitative estimate of drug-likeness (QED) is 0.869. The largest absolute Gasteiger partial charge is 0.426 e. The molecule has 0 saturated carbocycles. The summed E-state index contributed by atoms with van der Waals surface area (Å²) < 4.78 is 31.5. The third kappa shape index (κ3) is 4.43. The molecule has 0 radical (unpaired) electrons. The first-order chi connectivity index (χ1) is 9.44. The average Bonchev–Trinajstić information content (AvgIpc) is 2.77. The molecule has 0 atom stereocenters. The Morgan fingerprint density at radius 2 is 1.85 bits per heavy atom. The highest BCUT2D eigenvalue weighted by Crippen LogP contribution is 2.07. The van der Waals surface area contributed by atoms with Crippen LogP contribution in [0.2, 0.25) is 0 Å². The van der Waals surface area contributed by atoms with Gasteiger partial charge in [0.15, 0.2) is 0 Å². The molecule has 0 unspecified atom stereocenters. The minimum atomic E-state index is -3.35. The van der Waals surface area contributed by atoms with Crippen LogP contribution in [-0.2, 0) is 22.2 Å². The van der Waals surface area contributed by atoms with Gasteiger partial charge in [-0.05, 0) is 12.5 Å². The normalized spacial score (nSPS) is 11.7. The molecule has 0 bridgehead atoms. The molecule has 0 aliphatic heterocycles. The van der Waals surface area contributed by atoms with Crippen LogP contribution in [0.25, 0.3) is 0 Å². The summed E-state index contributed by atoms with van der Waals surface area (Å²) in [5.74, 6) is 0.874. The molecule has 1 heterocycles. The molecule has 1 N–H and O–H groups in total. The van der Waals surface area contributed by atoms with Gasteiger partial charge in [-0.25, -0.2) is 13.1 Å². The topological polar surface area (TPSA) is 85.1 Å². The van der Waals surface area contributed by atoms with Crippen LogP contribution in [0.1, 0.15) is 22.9 Å². The lowest BCUT2D eigenvalue weighted by molar-refractivity contribution is 0.466. The Labute approximate surface area is 118 Å². The van der Waals surface area contributed by atoms with Crippen LogP contribution < -0.4 is 4.72 Å². The predicted molar refractivity (Wildman–Crippen MR) is 74.5 cm³/mol. The lowest BCUT2D eigenvalue weighted by atomic mass is 10.2. The summed E-state index contributed by atoms with van der Waals surface area (Å²) in [6.45, 7) is 3.90. The van der Waals surface area contributed by atoms with Gasteiger partial charge in [0.05, 0.1) is 5.75 Å².